The molecule has 0 aliphatic rings. The number of hydrogen-bond acceptors (Lipinski definition) is 5. The number of carbonyl (C=O) groups is 2. The summed E-state index contributed by atoms with van der Waals surface area (Å²) in [6, 6.07) is 9.54. The summed E-state index contributed by atoms with van der Waals surface area (Å²) in [6.45, 7) is 8.20. The van der Waals surface area contributed by atoms with E-state index in [1.54, 1.807) is 13.8 Å². The van der Waals surface area contributed by atoms with Gasteiger partial charge in [-0.25, -0.2) is 4.79 Å². The van der Waals surface area contributed by atoms with E-state index in [4.69, 9.17) is 0 Å². The van der Waals surface area contributed by atoms with Gasteiger partial charge in [-0.05, 0) is 27.2 Å². The molecule has 1 aromatic heterocycles. The molecular formula is C18H25N5O2S. The highest BCUT2D eigenvalue weighted by Crippen LogP contribution is 2.30. The molecule has 0 saturated carbocycles. The highest BCUT2D eigenvalue weighted by Gasteiger charge is 2.23. The molecule has 2 rings (SSSR count). The maximum absolute atomic E-state index is 12.2. The largest absolute Gasteiger partial charge is 0.338 e. The summed E-state index contributed by atoms with van der Waals surface area (Å²) in [5, 5.41) is 13.7. The summed E-state index contributed by atoms with van der Waals surface area (Å²) in [5.41, 5.74) is 0.978. The standard InChI is InChI=1S/C18H25N5O2S/c1-5-12(3)23-15(14-10-8-7-9-11-14)21-22-18(23)26-13(4)16(24)20-17(25)19-6-2/h7-13H,5-6H2,1-4H3,(H2,19,20,24,25)/t12-,13+/m0/s1. The number of carbonyl (C=O) groups excluding carboxylic acids is 2. The fourth-order valence-electron chi connectivity index (χ4n) is 2.35. The molecule has 2 aromatic rings. The number of nitrogens with one attached hydrogen (secondary N) is 2. The second kappa shape index (κ2) is 9.38. The number of amides is 3. The molecule has 0 bridgehead atoms. The van der Waals surface area contributed by atoms with Gasteiger partial charge in [-0.3, -0.25) is 14.7 Å². The molecule has 8 heteroatoms. The normalized spacial score (nSPS) is 13.1. The number of hydrogen-bond donors (Lipinski definition) is 2. The zero-order chi connectivity index (χ0) is 19.1. The third-order valence-electron chi connectivity index (χ3n) is 3.95. The topological polar surface area (TPSA) is 88.9 Å². The van der Waals surface area contributed by atoms with Gasteiger partial charge in [-0.2, -0.15) is 0 Å². The Bertz CT molecular complexity index is 747. The van der Waals surface area contributed by atoms with Crippen molar-refractivity contribution in [1.29, 1.82) is 0 Å². The summed E-state index contributed by atoms with van der Waals surface area (Å²) in [6.07, 6.45) is 0.908. The van der Waals surface area contributed by atoms with E-state index in [2.05, 4.69) is 39.2 Å². The first-order chi connectivity index (χ1) is 12.5. The van der Waals surface area contributed by atoms with E-state index in [0.29, 0.717) is 11.7 Å². The SMILES string of the molecule is CCNC(=O)NC(=O)[C@@H](C)Sc1nnc(-c2ccccc2)n1[C@@H](C)CC. The number of nitrogens with zero attached hydrogens (tertiary/aromatic N) is 3. The summed E-state index contributed by atoms with van der Waals surface area (Å²) < 4.78 is 2.05. The molecule has 0 aliphatic carbocycles. The quantitative estimate of drug-likeness (QED) is 0.725. The first kappa shape index (κ1) is 20.0. The predicted molar refractivity (Wildman–Crippen MR) is 103 cm³/mol. The lowest BCUT2D eigenvalue weighted by Gasteiger charge is -2.18. The smallest absolute Gasteiger partial charge is 0.321 e. The van der Waals surface area contributed by atoms with E-state index in [1.807, 2.05) is 30.3 Å². The highest BCUT2D eigenvalue weighted by atomic mass is 32.2. The summed E-state index contributed by atoms with van der Waals surface area (Å²) in [5.74, 6) is 0.416. The average Bonchev–Trinajstić information content (AvgIpc) is 3.05. The molecule has 1 heterocycles. The number of aromatic nitrogens is 3. The van der Waals surface area contributed by atoms with E-state index >= 15 is 0 Å². The van der Waals surface area contributed by atoms with Crippen molar-refractivity contribution in [2.45, 2.75) is 50.6 Å². The van der Waals surface area contributed by atoms with Crippen LogP contribution >= 0.6 is 11.8 Å². The van der Waals surface area contributed by atoms with Gasteiger partial charge < -0.3 is 5.32 Å². The minimum Gasteiger partial charge on any atom is -0.338 e. The molecule has 1 aromatic carbocycles. The second-order valence-electron chi connectivity index (χ2n) is 5.91. The third kappa shape index (κ3) is 4.85. The molecule has 0 aliphatic heterocycles. The molecule has 2 atom stereocenters. The fraction of sp³-hybridized carbons (Fsp3) is 0.444. The Hall–Kier alpha value is -2.35. The lowest BCUT2D eigenvalue weighted by atomic mass is 10.2. The highest BCUT2D eigenvalue weighted by molar-refractivity contribution is 8.00. The Labute approximate surface area is 158 Å². The lowest BCUT2D eigenvalue weighted by molar-refractivity contribution is -0.119. The second-order valence-corrected chi connectivity index (χ2v) is 7.22. The first-order valence-corrected chi connectivity index (χ1v) is 9.61. The van der Waals surface area contributed by atoms with Gasteiger partial charge in [0.2, 0.25) is 5.91 Å². The molecule has 3 amide bonds. The van der Waals surface area contributed by atoms with E-state index in [1.165, 1.54) is 11.8 Å². The van der Waals surface area contributed by atoms with Crippen LogP contribution in [0.2, 0.25) is 0 Å². The number of benzene rings is 1. The maximum atomic E-state index is 12.2. The Balaban J connectivity index is 2.22. The van der Waals surface area contributed by atoms with E-state index in [-0.39, 0.29) is 11.9 Å². The van der Waals surface area contributed by atoms with Crippen LogP contribution in [0.25, 0.3) is 11.4 Å². The lowest BCUT2D eigenvalue weighted by Crippen LogP contribution is -2.42. The zero-order valence-electron chi connectivity index (χ0n) is 15.5. The number of imide groups is 1. The van der Waals surface area contributed by atoms with Crippen LogP contribution < -0.4 is 10.6 Å². The minimum absolute atomic E-state index is 0.182. The Kier molecular flexibility index (Phi) is 7.20. The Morgan fingerprint density at radius 2 is 1.85 bits per heavy atom. The molecule has 0 fully saturated rings. The van der Waals surface area contributed by atoms with Crippen molar-refractivity contribution >= 4 is 23.7 Å². The van der Waals surface area contributed by atoms with Gasteiger partial charge in [-0.1, -0.05) is 49.0 Å². The van der Waals surface area contributed by atoms with Gasteiger partial charge in [0.05, 0.1) is 5.25 Å². The predicted octanol–water partition coefficient (Wildman–Crippen LogP) is 3.24. The van der Waals surface area contributed by atoms with Crippen molar-refractivity contribution in [2.75, 3.05) is 6.54 Å². The van der Waals surface area contributed by atoms with Crippen LogP contribution in [0.4, 0.5) is 4.79 Å². The van der Waals surface area contributed by atoms with Crippen LogP contribution in [0.15, 0.2) is 35.5 Å². The monoisotopic (exact) mass is 375 g/mol. The van der Waals surface area contributed by atoms with Gasteiger partial charge in [-0.15, -0.1) is 10.2 Å². The summed E-state index contributed by atoms with van der Waals surface area (Å²) in [7, 11) is 0. The van der Waals surface area contributed by atoms with E-state index < -0.39 is 11.3 Å². The van der Waals surface area contributed by atoms with Gasteiger partial charge in [0.25, 0.3) is 0 Å². The number of thioether (sulfide) groups is 1. The minimum atomic E-state index is -0.488. The van der Waals surface area contributed by atoms with Crippen LogP contribution in [0.1, 0.15) is 40.2 Å². The van der Waals surface area contributed by atoms with Crippen LogP contribution in [0.3, 0.4) is 0 Å². The van der Waals surface area contributed by atoms with Crippen molar-refractivity contribution in [3.8, 4) is 11.4 Å². The molecule has 0 unspecified atom stereocenters. The zero-order valence-corrected chi connectivity index (χ0v) is 16.3. The molecule has 0 saturated heterocycles. The van der Waals surface area contributed by atoms with Crippen molar-refractivity contribution < 1.29 is 9.59 Å². The first-order valence-electron chi connectivity index (χ1n) is 8.73. The fourth-order valence-corrected chi connectivity index (χ4v) is 3.30. The van der Waals surface area contributed by atoms with Gasteiger partial charge >= 0.3 is 6.03 Å². The molecule has 7 nitrogen and oxygen atoms in total. The maximum Gasteiger partial charge on any atom is 0.321 e. The molecule has 140 valence electrons. The van der Waals surface area contributed by atoms with Crippen molar-refractivity contribution in [3.05, 3.63) is 30.3 Å². The van der Waals surface area contributed by atoms with Gasteiger partial charge in [0.1, 0.15) is 0 Å². The van der Waals surface area contributed by atoms with Crippen molar-refractivity contribution in [2.24, 2.45) is 0 Å². The van der Waals surface area contributed by atoms with Crippen LogP contribution in [0.5, 0.6) is 0 Å². The van der Waals surface area contributed by atoms with E-state index in [0.717, 1.165) is 17.8 Å². The molecule has 26 heavy (non-hydrogen) atoms. The Morgan fingerprint density at radius 1 is 1.15 bits per heavy atom. The molecule has 0 radical (unpaired) electrons. The van der Waals surface area contributed by atoms with Crippen LogP contribution in [-0.4, -0.2) is 38.5 Å². The van der Waals surface area contributed by atoms with Gasteiger partial charge in [0, 0.05) is 18.2 Å². The van der Waals surface area contributed by atoms with Crippen molar-refractivity contribution in [3.63, 3.8) is 0 Å². The summed E-state index contributed by atoms with van der Waals surface area (Å²) >= 11 is 1.29. The van der Waals surface area contributed by atoms with E-state index in [9.17, 15) is 9.59 Å². The number of urea groups is 1. The molecule has 2 N–H and O–H groups in total. The third-order valence-corrected chi connectivity index (χ3v) is 5.01. The summed E-state index contributed by atoms with van der Waals surface area (Å²) in [4.78, 5) is 23.7. The van der Waals surface area contributed by atoms with Crippen LogP contribution in [-0.2, 0) is 4.79 Å². The van der Waals surface area contributed by atoms with Crippen molar-refractivity contribution in [1.82, 2.24) is 25.4 Å². The average molecular weight is 375 g/mol. The number of rotatable bonds is 7. The van der Waals surface area contributed by atoms with Gasteiger partial charge in [0.15, 0.2) is 11.0 Å². The van der Waals surface area contributed by atoms with Crippen LogP contribution in [0, 0.1) is 0 Å². The molecular weight excluding hydrogens is 350 g/mol. The molecule has 0 spiro atoms. The Morgan fingerprint density at radius 3 is 2.46 bits per heavy atom.